The van der Waals surface area contributed by atoms with E-state index in [1.807, 2.05) is 56.3 Å². The van der Waals surface area contributed by atoms with E-state index >= 15 is 0 Å². The first-order valence-electron chi connectivity index (χ1n) is 7.18. The SMILES string of the molecule is CCNC(=O)Nc1cccc(-c2nc3cc(C)ccc3o2)c1. The van der Waals surface area contributed by atoms with Crippen LogP contribution in [0, 0.1) is 6.92 Å². The van der Waals surface area contributed by atoms with Crippen molar-refractivity contribution in [2.24, 2.45) is 0 Å². The van der Waals surface area contributed by atoms with Crippen LogP contribution in [-0.2, 0) is 0 Å². The molecule has 0 aliphatic heterocycles. The highest BCUT2D eigenvalue weighted by atomic mass is 16.3. The molecule has 1 aromatic heterocycles. The monoisotopic (exact) mass is 295 g/mol. The number of anilines is 1. The van der Waals surface area contributed by atoms with E-state index in [4.69, 9.17) is 4.42 Å². The standard InChI is InChI=1S/C17H17N3O2/c1-3-18-17(21)19-13-6-4-5-12(10-13)16-20-14-9-11(2)7-8-15(14)22-16/h4-10H,3H2,1-2H3,(H2,18,19,21). The Kier molecular flexibility index (Phi) is 3.78. The summed E-state index contributed by atoms with van der Waals surface area (Å²) in [5.74, 6) is 0.542. The van der Waals surface area contributed by atoms with Gasteiger partial charge in [-0.05, 0) is 49.7 Å². The van der Waals surface area contributed by atoms with E-state index in [1.54, 1.807) is 0 Å². The summed E-state index contributed by atoms with van der Waals surface area (Å²) in [6.45, 7) is 4.47. The molecule has 0 aliphatic carbocycles. The van der Waals surface area contributed by atoms with Crippen LogP contribution in [0.3, 0.4) is 0 Å². The highest BCUT2D eigenvalue weighted by Crippen LogP contribution is 2.26. The number of rotatable bonds is 3. The van der Waals surface area contributed by atoms with E-state index in [9.17, 15) is 4.79 Å². The van der Waals surface area contributed by atoms with Crippen molar-refractivity contribution >= 4 is 22.8 Å². The first-order chi connectivity index (χ1) is 10.7. The van der Waals surface area contributed by atoms with Gasteiger partial charge in [0.15, 0.2) is 5.58 Å². The molecule has 0 atom stereocenters. The third kappa shape index (κ3) is 2.93. The van der Waals surface area contributed by atoms with Crippen molar-refractivity contribution in [3.63, 3.8) is 0 Å². The quantitative estimate of drug-likeness (QED) is 0.769. The van der Waals surface area contributed by atoms with Gasteiger partial charge in [-0.15, -0.1) is 0 Å². The average Bonchev–Trinajstić information content (AvgIpc) is 2.90. The van der Waals surface area contributed by atoms with Gasteiger partial charge in [-0.2, -0.15) is 0 Å². The minimum Gasteiger partial charge on any atom is -0.436 e. The molecule has 0 spiro atoms. The molecule has 1 heterocycles. The maximum atomic E-state index is 11.6. The summed E-state index contributed by atoms with van der Waals surface area (Å²) >= 11 is 0. The van der Waals surface area contributed by atoms with Gasteiger partial charge >= 0.3 is 6.03 Å². The van der Waals surface area contributed by atoms with E-state index in [-0.39, 0.29) is 6.03 Å². The van der Waals surface area contributed by atoms with Crippen molar-refractivity contribution in [2.45, 2.75) is 13.8 Å². The van der Waals surface area contributed by atoms with E-state index in [0.717, 1.165) is 22.2 Å². The Balaban J connectivity index is 1.91. The first kappa shape index (κ1) is 14.1. The fourth-order valence-corrected chi connectivity index (χ4v) is 2.23. The average molecular weight is 295 g/mol. The van der Waals surface area contributed by atoms with Crippen molar-refractivity contribution in [3.8, 4) is 11.5 Å². The lowest BCUT2D eigenvalue weighted by Crippen LogP contribution is -2.28. The normalized spacial score (nSPS) is 10.6. The molecule has 5 nitrogen and oxygen atoms in total. The molecule has 2 amide bonds. The number of hydrogen-bond acceptors (Lipinski definition) is 3. The van der Waals surface area contributed by atoms with Crippen LogP contribution in [0.4, 0.5) is 10.5 Å². The maximum Gasteiger partial charge on any atom is 0.319 e. The Morgan fingerprint density at radius 2 is 2.09 bits per heavy atom. The number of oxazole rings is 1. The number of carbonyl (C=O) groups is 1. The molecule has 3 rings (SSSR count). The lowest BCUT2D eigenvalue weighted by Gasteiger charge is -2.06. The van der Waals surface area contributed by atoms with E-state index in [1.165, 1.54) is 0 Å². The Hall–Kier alpha value is -2.82. The molecule has 0 saturated carbocycles. The lowest BCUT2D eigenvalue weighted by molar-refractivity contribution is 0.252. The van der Waals surface area contributed by atoms with Crippen LogP contribution in [0.5, 0.6) is 0 Å². The highest BCUT2D eigenvalue weighted by Gasteiger charge is 2.09. The smallest absolute Gasteiger partial charge is 0.319 e. The first-order valence-corrected chi connectivity index (χ1v) is 7.18. The zero-order valence-electron chi connectivity index (χ0n) is 12.5. The molecular formula is C17H17N3O2. The summed E-state index contributed by atoms with van der Waals surface area (Å²) in [7, 11) is 0. The predicted octanol–water partition coefficient (Wildman–Crippen LogP) is 3.94. The second kappa shape index (κ2) is 5.89. The number of benzene rings is 2. The molecule has 2 N–H and O–H groups in total. The molecule has 0 unspecified atom stereocenters. The number of fused-ring (bicyclic) bond motifs is 1. The number of amides is 2. The number of urea groups is 1. The van der Waals surface area contributed by atoms with Crippen molar-refractivity contribution in [1.29, 1.82) is 0 Å². The number of nitrogens with one attached hydrogen (secondary N) is 2. The van der Waals surface area contributed by atoms with Crippen molar-refractivity contribution in [2.75, 3.05) is 11.9 Å². The zero-order chi connectivity index (χ0) is 15.5. The highest BCUT2D eigenvalue weighted by molar-refractivity contribution is 5.90. The maximum absolute atomic E-state index is 11.6. The van der Waals surface area contributed by atoms with Crippen LogP contribution in [0.2, 0.25) is 0 Å². The largest absolute Gasteiger partial charge is 0.436 e. The zero-order valence-corrected chi connectivity index (χ0v) is 12.5. The third-order valence-corrected chi connectivity index (χ3v) is 3.25. The van der Waals surface area contributed by atoms with Crippen molar-refractivity contribution in [1.82, 2.24) is 10.3 Å². The van der Waals surface area contributed by atoms with E-state index < -0.39 is 0 Å². The molecule has 2 aromatic carbocycles. The van der Waals surface area contributed by atoms with Gasteiger partial charge in [-0.1, -0.05) is 12.1 Å². The van der Waals surface area contributed by atoms with E-state index in [2.05, 4.69) is 15.6 Å². The summed E-state index contributed by atoms with van der Waals surface area (Å²) in [5, 5.41) is 5.47. The minimum atomic E-state index is -0.229. The topological polar surface area (TPSA) is 67.2 Å². The van der Waals surface area contributed by atoms with Gasteiger partial charge in [0, 0.05) is 17.8 Å². The molecule has 0 saturated heterocycles. The number of carbonyl (C=O) groups excluding carboxylic acids is 1. The molecule has 5 heteroatoms. The van der Waals surface area contributed by atoms with Gasteiger partial charge in [0.05, 0.1) is 0 Å². The van der Waals surface area contributed by atoms with Crippen LogP contribution >= 0.6 is 0 Å². The predicted molar refractivity (Wildman–Crippen MR) is 86.9 cm³/mol. The summed E-state index contributed by atoms with van der Waals surface area (Å²) in [4.78, 5) is 16.1. The van der Waals surface area contributed by atoms with Crippen LogP contribution in [0.15, 0.2) is 46.9 Å². The molecule has 0 radical (unpaired) electrons. The molecular weight excluding hydrogens is 278 g/mol. The van der Waals surface area contributed by atoms with Gasteiger partial charge in [0.25, 0.3) is 0 Å². The fraction of sp³-hybridized carbons (Fsp3) is 0.176. The van der Waals surface area contributed by atoms with Crippen LogP contribution < -0.4 is 10.6 Å². The van der Waals surface area contributed by atoms with Crippen LogP contribution in [0.25, 0.3) is 22.6 Å². The van der Waals surface area contributed by atoms with Gasteiger partial charge < -0.3 is 15.1 Å². The van der Waals surface area contributed by atoms with Gasteiger partial charge in [-0.25, -0.2) is 9.78 Å². The van der Waals surface area contributed by atoms with E-state index in [0.29, 0.717) is 18.1 Å². The molecule has 3 aromatic rings. The molecule has 0 bridgehead atoms. The molecule has 0 fully saturated rings. The number of aromatic nitrogens is 1. The van der Waals surface area contributed by atoms with Crippen molar-refractivity contribution < 1.29 is 9.21 Å². The Bertz CT molecular complexity index is 824. The number of hydrogen-bond donors (Lipinski definition) is 2. The lowest BCUT2D eigenvalue weighted by atomic mass is 10.2. The molecule has 112 valence electrons. The van der Waals surface area contributed by atoms with Gasteiger partial charge in [0.1, 0.15) is 5.52 Å². The Morgan fingerprint density at radius 1 is 1.23 bits per heavy atom. The number of nitrogens with zero attached hydrogens (tertiary/aromatic N) is 1. The second-order valence-electron chi connectivity index (χ2n) is 5.06. The van der Waals surface area contributed by atoms with Gasteiger partial charge in [-0.3, -0.25) is 0 Å². The van der Waals surface area contributed by atoms with Crippen LogP contribution in [-0.4, -0.2) is 17.6 Å². The third-order valence-electron chi connectivity index (χ3n) is 3.25. The Labute approximate surface area is 128 Å². The fourth-order valence-electron chi connectivity index (χ4n) is 2.23. The minimum absolute atomic E-state index is 0.229. The second-order valence-corrected chi connectivity index (χ2v) is 5.06. The van der Waals surface area contributed by atoms with Crippen molar-refractivity contribution in [3.05, 3.63) is 48.0 Å². The summed E-state index contributed by atoms with van der Waals surface area (Å²) in [6, 6.07) is 13.1. The summed E-state index contributed by atoms with van der Waals surface area (Å²) < 4.78 is 5.78. The van der Waals surface area contributed by atoms with Crippen LogP contribution in [0.1, 0.15) is 12.5 Å². The summed E-state index contributed by atoms with van der Waals surface area (Å²) in [6.07, 6.45) is 0. The van der Waals surface area contributed by atoms with Gasteiger partial charge in [0.2, 0.25) is 5.89 Å². The molecule has 22 heavy (non-hydrogen) atoms. The molecule has 0 aliphatic rings. The number of aryl methyl sites for hydroxylation is 1. The Morgan fingerprint density at radius 3 is 2.91 bits per heavy atom. The summed E-state index contributed by atoms with van der Waals surface area (Å²) in [5.41, 5.74) is 4.24.